The fourth-order valence-corrected chi connectivity index (χ4v) is 1.26. The van der Waals surface area contributed by atoms with Crippen molar-refractivity contribution in [3.05, 3.63) is 12.4 Å². The first kappa shape index (κ1) is 8.25. The number of morpholine rings is 1. The second-order valence-corrected chi connectivity index (χ2v) is 2.92. The average Bonchev–Trinajstić information content (AvgIpc) is 2.20. The Bertz CT molecular complexity index is 268. The van der Waals surface area contributed by atoms with Crippen molar-refractivity contribution in [1.82, 2.24) is 9.97 Å². The summed E-state index contributed by atoms with van der Waals surface area (Å²) >= 11 is 0. The van der Waals surface area contributed by atoms with Crippen LogP contribution in [-0.2, 0) is 4.74 Å². The van der Waals surface area contributed by atoms with Crippen molar-refractivity contribution in [2.45, 2.75) is 0 Å². The fraction of sp³-hybridized carbons (Fsp3) is 0.500. The number of hydrogen-bond acceptors (Lipinski definition) is 5. The second kappa shape index (κ2) is 3.57. The molecule has 70 valence electrons. The second-order valence-electron chi connectivity index (χ2n) is 2.92. The molecule has 2 N–H and O–H groups in total. The summed E-state index contributed by atoms with van der Waals surface area (Å²) in [6.07, 6.45) is 3.25. The molecule has 0 atom stereocenters. The number of anilines is 2. The van der Waals surface area contributed by atoms with Crippen LogP contribution in [0, 0.1) is 0 Å². The first-order valence-electron chi connectivity index (χ1n) is 4.26. The molecule has 0 bridgehead atoms. The predicted octanol–water partition coefficient (Wildman–Crippen LogP) is -0.105. The van der Waals surface area contributed by atoms with Crippen molar-refractivity contribution in [1.29, 1.82) is 0 Å². The Balaban J connectivity index is 2.10. The SMILES string of the molecule is Nc1cnc(N2CCOCC2)nc1. The van der Waals surface area contributed by atoms with Gasteiger partial charge in [-0.15, -0.1) is 0 Å². The van der Waals surface area contributed by atoms with E-state index in [9.17, 15) is 0 Å². The van der Waals surface area contributed by atoms with Gasteiger partial charge in [-0.2, -0.15) is 0 Å². The van der Waals surface area contributed by atoms with Crippen LogP contribution in [0.2, 0.25) is 0 Å². The van der Waals surface area contributed by atoms with Gasteiger partial charge in [0, 0.05) is 13.1 Å². The van der Waals surface area contributed by atoms with Crippen LogP contribution in [0.25, 0.3) is 0 Å². The Morgan fingerprint density at radius 1 is 1.23 bits per heavy atom. The topological polar surface area (TPSA) is 64.3 Å². The molecule has 0 spiro atoms. The minimum atomic E-state index is 0.594. The van der Waals surface area contributed by atoms with Crippen molar-refractivity contribution < 1.29 is 4.74 Å². The summed E-state index contributed by atoms with van der Waals surface area (Å²) < 4.78 is 5.22. The maximum absolute atomic E-state index is 5.49. The molecule has 1 aliphatic heterocycles. The molecule has 0 unspecified atom stereocenters. The number of ether oxygens (including phenoxy) is 1. The number of nitrogens with zero attached hydrogens (tertiary/aromatic N) is 3. The van der Waals surface area contributed by atoms with Gasteiger partial charge in [-0.1, -0.05) is 0 Å². The Labute approximate surface area is 76.5 Å². The lowest BCUT2D eigenvalue weighted by Crippen LogP contribution is -2.37. The van der Waals surface area contributed by atoms with Crippen LogP contribution in [0.3, 0.4) is 0 Å². The van der Waals surface area contributed by atoms with Gasteiger partial charge in [-0.05, 0) is 0 Å². The van der Waals surface area contributed by atoms with Crippen molar-refractivity contribution in [3.8, 4) is 0 Å². The Morgan fingerprint density at radius 2 is 1.85 bits per heavy atom. The fourth-order valence-electron chi connectivity index (χ4n) is 1.26. The number of aromatic nitrogens is 2. The summed E-state index contributed by atoms with van der Waals surface area (Å²) in [5, 5.41) is 0. The van der Waals surface area contributed by atoms with E-state index >= 15 is 0 Å². The largest absolute Gasteiger partial charge is 0.396 e. The van der Waals surface area contributed by atoms with Gasteiger partial charge in [0.25, 0.3) is 0 Å². The molecule has 0 aromatic carbocycles. The standard InChI is InChI=1S/C8H12N4O/c9-7-5-10-8(11-6-7)12-1-3-13-4-2-12/h5-6H,1-4,9H2. The normalized spacial score (nSPS) is 17.4. The monoisotopic (exact) mass is 180 g/mol. The van der Waals surface area contributed by atoms with E-state index in [0.717, 1.165) is 32.3 Å². The van der Waals surface area contributed by atoms with Crippen LogP contribution < -0.4 is 10.6 Å². The third kappa shape index (κ3) is 1.86. The van der Waals surface area contributed by atoms with E-state index in [1.165, 1.54) is 0 Å². The molecular weight excluding hydrogens is 168 g/mol. The molecule has 1 aliphatic rings. The van der Waals surface area contributed by atoms with Gasteiger partial charge in [0.15, 0.2) is 0 Å². The zero-order valence-corrected chi connectivity index (χ0v) is 7.31. The van der Waals surface area contributed by atoms with Crippen LogP contribution in [0.1, 0.15) is 0 Å². The first-order chi connectivity index (χ1) is 6.36. The molecule has 0 aliphatic carbocycles. The molecule has 2 rings (SSSR count). The lowest BCUT2D eigenvalue weighted by atomic mass is 10.4. The average molecular weight is 180 g/mol. The maximum Gasteiger partial charge on any atom is 0.225 e. The van der Waals surface area contributed by atoms with E-state index in [1.807, 2.05) is 0 Å². The highest BCUT2D eigenvalue weighted by Crippen LogP contribution is 2.09. The van der Waals surface area contributed by atoms with Crippen molar-refractivity contribution in [3.63, 3.8) is 0 Å². The van der Waals surface area contributed by atoms with Crippen LogP contribution >= 0.6 is 0 Å². The van der Waals surface area contributed by atoms with E-state index in [0.29, 0.717) is 5.69 Å². The highest BCUT2D eigenvalue weighted by molar-refractivity contribution is 5.37. The van der Waals surface area contributed by atoms with E-state index < -0.39 is 0 Å². The maximum atomic E-state index is 5.49. The van der Waals surface area contributed by atoms with E-state index in [2.05, 4.69) is 14.9 Å². The van der Waals surface area contributed by atoms with E-state index in [4.69, 9.17) is 10.5 Å². The number of nitrogen functional groups attached to an aromatic ring is 1. The van der Waals surface area contributed by atoms with Crippen LogP contribution in [0.15, 0.2) is 12.4 Å². The quantitative estimate of drug-likeness (QED) is 0.653. The lowest BCUT2D eigenvalue weighted by molar-refractivity contribution is 0.122. The van der Waals surface area contributed by atoms with Gasteiger partial charge < -0.3 is 15.4 Å². The highest BCUT2D eigenvalue weighted by atomic mass is 16.5. The molecule has 0 saturated carbocycles. The third-order valence-electron chi connectivity index (χ3n) is 1.95. The van der Waals surface area contributed by atoms with Gasteiger partial charge >= 0.3 is 0 Å². The van der Waals surface area contributed by atoms with Crippen molar-refractivity contribution in [2.75, 3.05) is 36.9 Å². The number of hydrogen-bond donors (Lipinski definition) is 1. The summed E-state index contributed by atoms with van der Waals surface area (Å²) in [6, 6.07) is 0. The summed E-state index contributed by atoms with van der Waals surface area (Å²) in [7, 11) is 0. The molecule has 0 amide bonds. The van der Waals surface area contributed by atoms with Gasteiger partial charge in [0.2, 0.25) is 5.95 Å². The zero-order valence-electron chi connectivity index (χ0n) is 7.31. The van der Waals surface area contributed by atoms with Gasteiger partial charge in [-0.3, -0.25) is 0 Å². The molecular formula is C8H12N4O. The number of rotatable bonds is 1. The van der Waals surface area contributed by atoms with Gasteiger partial charge in [-0.25, -0.2) is 9.97 Å². The first-order valence-corrected chi connectivity index (χ1v) is 4.26. The summed E-state index contributed by atoms with van der Waals surface area (Å²) in [6.45, 7) is 3.19. The van der Waals surface area contributed by atoms with E-state index in [-0.39, 0.29) is 0 Å². The van der Waals surface area contributed by atoms with Gasteiger partial charge in [0.05, 0.1) is 31.3 Å². The molecule has 1 aromatic heterocycles. The zero-order chi connectivity index (χ0) is 9.10. The Hall–Kier alpha value is -1.36. The molecule has 1 aromatic rings. The number of nitrogens with two attached hydrogens (primary N) is 1. The summed E-state index contributed by atoms with van der Waals surface area (Å²) in [4.78, 5) is 10.4. The molecule has 1 saturated heterocycles. The molecule has 0 radical (unpaired) electrons. The van der Waals surface area contributed by atoms with Crippen LogP contribution in [0.4, 0.5) is 11.6 Å². The van der Waals surface area contributed by atoms with E-state index in [1.54, 1.807) is 12.4 Å². The predicted molar refractivity (Wildman–Crippen MR) is 49.5 cm³/mol. The Kier molecular flexibility index (Phi) is 2.27. The minimum Gasteiger partial charge on any atom is -0.396 e. The third-order valence-corrected chi connectivity index (χ3v) is 1.95. The molecule has 2 heterocycles. The molecule has 13 heavy (non-hydrogen) atoms. The molecule has 5 nitrogen and oxygen atoms in total. The smallest absolute Gasteiger partial charge is 0.225 e. The van der Waals surface area contributed by atoms with Crippen molar-refractivity contribution >= 4 is 11.6 Å². The minimum absolute atomic E-state index is 0.594. The highest BCUT2D eigenvalue weighted by Gasteiger charge is 2.12. The van der Waals surface area contributed by atoms with Gasteiger partial charge in [0.1, 0.15) is 0 Å². The Morgan fingerprint density at radius 3 is 2.46 bits per heavy atom. The summed E-state index contributed by atoms with van der Waals surface area (Å²) in [5.41, 5.74) is 6.08. The van der Waals surface area contributed by atoms with Crippen LogP contribution in [0.5, 0.6) is 0 Å². The molecule has 1 fully saturated rings. The van der Waals surface area contributed by atoms with Crippen molar-refractivity contribution in [2.24, 2.45) is 0 Å². The lowest BCUT2D eigenvalue weighted by Gasteiger charge is -2.26. The van der Waals surface area contributed by atoms with Crippen LogP contribution in [-0.4, -0.2) is 36.3 Å². The molecule has 5 heteroatoms. The summed E-state index contributed by atoms with van der Waals surface area (Å²) in [5.74, 6) is 0.734.